The Hall–Kier alpha value is -2.46. The van der Waals surface area contributed by atoms with Crippen molar-refractivity contribution in [2.24, 2.45) is 0 Å². The van der Waals surface area contributed by atoms with Crippen molar-refractivity contribution < 1.29 is 9.72 Å². The van der Waals surface area contributed by atoms with E-state index >= 15 is 0 Å². The second-order valence-electron chi connectivity index (χ2n) is 4.19. The van der Waals surface area contributed by atoms with E-state index in [1.54, 1.807) is 6.08 Å². The van der Waals surface area contributed by atoms with Crippen LogP contribution in [-0.2, 0) is 11.3 Å². The van der Waals surface area contributed by atoms with Crippen molar-refractivity contribution in [1.82, 2.24) is 20.2 Å². The molecule has 1 N–H and O–H groups in total. The number of benzene rings is 1. The zero-order chi connectivity index (χ0) is 16.8. The fourth-order valence-electron chi connectivity index (χ4n) is 1.58. The molecule has 0 aliphatic rings. The van der Waals surface area contributed by atoms with Crippen LogP contribution >= 0.6 is 23.4 Å². The van der Waals surface area contributed by atoms with Crippen molar-refractivity contribution in [2.75, 3.05) is 11.1 Å². The molecule has 1 aromatic heterocycles. The number of rotatable bonds is 7. The number of nitro groups is 1. The third kappa shape index (κ3) is 4.50. The van der Waals surface area contributed by atoms with Gasteiger partial charge in [-0.3, -0.25) is 14.9 Å². The number of anilines is 1. The molecule has 23 heavy (non-hydrogen) atoms. The largest absolute Gasteiger partial charge is 0.324 e. The summed E-state index contributed by atoms with van der Waals surface area (Å²) < 4.78 is 1.49. The van der Waals surface area contributed by atoms with Crippen LogP contribution in [0.4, 0.5) is 11.4 Å². The lowest BCUT2D eigenvalue weighted by atomic mass is 10.3. The van der Waals surface area contributed by atoms with Crippen molar-refractivity contribution in [3.63, 3.8) is 0 Å². The number of amides is 1. The Bertz CT molecular complexity index is 750. The van der Waals surface area contributed by atoms with Gasteiger partial charge in [-0.15, -0.1) is 11.7 Å². The van der Waals surface area contributed by atoms with Crippen LogP contribution in [0.1, 0.15) is 0 Å². The molecule has 2 aromatic rings. The van der Waals surface area contributed by atoms with Crippen molar-refractivity contribution in [1.29, 1.82) is 0 Å². The van der Waals surface area contributed by atoms with E-state index < -0.39 is 4.92 Å². The van der Waals surface area contributed by atoms with Crippen LogP contribution in [0, 0.1) is 10.1 Å². The molecular formula is C12H11ClN6O3S. The van der Waals surface area contributed by atoms with E-state index in [9.17, 15) is 14.9 Å². The Morgan fingerprint density at radius 1 is 1.57 bits per heavy atom. The summed E-state index contributed by atoms with van der Waals surface area (Å²) in [4.78, 5) is 22.1. The number of carbonyl (C=O) groups is 1. The first-order chi connectivity index (χ1) is 11.0. The smallest absolute Gasteiger partial charge is 0.271 e. The van der Waals surface area contributed by atoms with Crippen molar-refractivity contribution >= 4 is 40.6 Å². The summed E-state index contributed by atoms with van der Waals surface area (Å²) in [5.41, 5.74) is 0.0180. The summed E-state index contributed by atoms with van der Waals surface area (Å²) in [6.07, 6.45) is 1.63. The molecule has 0 radical (unpaired) electrons. The van der Waals surface area contributed by atoms with E-state index in [1.807, 2.05) is 0 Å². The molecule has 120 valence electrons. The monoisotopic (exact) mass is 354 g/mol. The molecule has 2 rings (SSSR count). The first-order valence-electron chi connectivity index (χ1n) is 6.25. The van der Waals surface area contributed by atoms with Gasteiger partial charge in [0.05, 0.1) is 27.9 Å². The minimum Gasteiger partial charge on any atom is -0.324 e. The predicted molar refractivity (Wildman–Crippen MR) is 85.5 cm³/mol. The molecule has 1 aromatic carbocycles. The Morgan fingerprint density at radius 3 is 3.04 bits per heavy atom. The van der Waals surface area contributed by atoms with E-state index in [1.165, 1.54) is 22.9 Å². The zero-order valence-electron chi connectivity index (χ0n) is 11.7. The van der Waals surface area contributed by atoms with Crippen LogP contribution in [0.2, 0.25) is 5.02 Å². The van der Waals surface area contributed by atoms with E-state index in [0.717, 1.165) is 11.8 Å². The van der Waals surface area contributed by atoms with E-state index in [0.29, 0.717) is 11.7 Å². The summed E-state index contributed by atoms with van der Waals surface area (Å²) >= 11 is 7.05. The number of hydrogen-bond acceptors (Lipinski definition) is 7. The number of carbonyl (C=O) groups excluding carboxylic acids is 1. The van der Waals surface area contributed by atoms with Gasteiger partial charge in [0.25, 0.3) is 5.69 Å². The van der Waals surface area contributed by atoms with Crippen LogP contribution in [0.25, 0.3) is 0 Å². The first kappa shape index (κ1) is 16.9. The van der Waals surface area contributed by atoms with Gasteiger partial charge in [-0.25, -0.2) is 4.68 Å². The Balaban J connectivity index is 1.99. The second kappa shape index (κ2) is 7.70. The van der Waals surface area contributed by atoms with Gasteiger partial charge in [0.2, 0.25) is 11.1 Å². The third-order valence-electron chi connectivity index (χ3n) is 2.57. The lowest BCUT2D eigenvalue weighted by Crippen LogP contribution is -2.15. The maximum absolute atomic E-state index is 12.0. The minimum atomic E-state index is -0.565. The normalized spacial score (nSPS) is 10.3. The van der Waals surface area contributed by atoms with E-state index in [-0.39, 0.29) is 28.1 Å². The molecule has 0 atom stereocenters. The number of nitrogens with zero attached hydrogens (tertiary/aromatic N) is 5. The standard InChI is InChI=1S/C12H11ClN6O3S/c1-2-5-18-12(15-16-17-18)23-7-11(20)14-10-6-8(19(21)22)3-4-9(10)13/h2-4,6H,1,5,7H2,(H,14,20). The molecule has 0 unspecified atom stereocenters. The summed E-state index contributed by atoms with van der Waals surface area (Å²) in [5, 5.41) is 25.0. The average Bonchev–Trinajstić information content (AvgIpc) is 2.95. The lowest BCUT2D eigenvalue weighted by Gasteiger charge is -2.06. The number of halogens is 1. The summed E-state index contributed by atoms with van der Waals surface area (Å²) in [5.74, 6) is -0.359. The number of nitro benzene ring substituents is 1. The Labute approximate surface area is 139 Å². The average molecular weight is 355 g/mol. The van der Waals surface area contributed by atoms with Gasteiger partial charge in [-0.1, -0.05) is 29.4 Å². The van der Waals surface area contributed by atoms with Gasteiger partial charge in [-0.2, -0.15) is 0 Å². The highest BCUT2D eigenvalue weighted by Crippen LogP contribution is 2.27. The van der Waals surface area contributed by atoms with Crippen LogP contribution < -0.4 is 5.32 Å². The lowest BCUT2D eigenvalue weighted by molar-refractivity contribution is -0.384. The molecule has 0 aliphatic carbocycles. The summed E-state index contributed by atoms with van der Waals surface area (Å²) in [6.45, 7) is 4.01. The maximum Gasteiger partial charge on any atom is 0.271 e. The maximum atomic E-state index is 12.0. The number of thioether (sulfide) groups is 1. The van der Waals surface area contributed by atoms with Crippen molar-refractivity contribution in [2.45, 2.75) is 11.7 Å². The first-order valence-corrected chi connectivity index (χ1v) is 7.61. The van der Waals surface area contributed by atoms with E-state index in [4.69, 9.17) is 11.6 Å². The van der Waals surface area contributed by atoms with Crippen LogP contribution in [0.5, 0.6) is 0 Å². The number of nitrogens with one attached hydrogen (secondary N) is 1. The van der Waals surface area contributed by atoms with Crippen LogP contribution in [0.3, 0.4) is 0 Å². The quantitative estimate of drug-likeness (QED) is 0.350. The third-order valence-corrected chi connectivity index (χ3v) is 3.86. The fourth-order valence-corrected chi connectivity index (χ4v) is 2.43. The number of aromatic nitrogens is 4. The van der Waals surface area contributed by atoms with Gasteiger partial charge in [-0.05, 0) is 16.5 Å². The molecule has 0 aliphatic heterocycles. The molecule has 1 amide bonds. The Morgan fingerprint density at radius 2 is 2.35 bits per heavy atom. The van der Waals surface area contributed by atoms with Gasteiger partial charge in [0.1, 0.15) is 0 Å². The van der Waals surface area contributed by atoms with Gasteiger partial charge in [0.15, 0.2) is 0 Å². The number of allylic oxidation sites excluding steroid dienone is 1. The molecule has 0 bridgehead atoms. The molecule has 1 heterocycles. The second-order valence-corrected chi connectivity index (χ2v) is 5.54. The molecule has 11 heteroatoms. The molecule has 0 spiro atoms. The highest BCUT2D eigenvalue weighted by atomic mass is 35.5. The van der Waals surface area contributed by atoms with Crippen LogP contribution in [-0.4, -0.2) is 36.8 Å². The molecule has 0 saturated heterocycles. The zero-order valence-corrected chi connectivity index (χ0v) is 13.3. The highest BCUT2D eigenvalue weighted by molar-refractivity contribution is 7.99. The summed E-state index contributed by atoms with van der Waals surface area (Å²) in [7, 11) is 0. The Kier molecular flexibility index (Phi) is 5.66. The SMILES string of the molecule is C=CCn1nnnc1SCC(=O)Nc1cc([N+](=O)[O-])ccc1Cl. The topological polar surface area (TPSA) is 116 Å². The molecule has 9 nitrogen and oxygen atoms in total. The minimum absolute atomic E-state index is 0.0243. The highest BCUT2D eigenvalue weighted by Gasteiger charge is 2.14. The number of non-ortho nitro benzene ring substituents is 1. The number of hydrogen-bond donors (Lipinski definition) is 1. The fraction of sp³-hybridized carbons (Fsp3) is 0.167. The van der Waals surface area contributed by atoms with Gasteiger partial charge >= 0.3 is 0 Å². The van der Waals surface area contributed by atoms with Crippen molar-refractivity contribution in [3.05, 3.63) is 46.0 Å². The molecular weight excluding hydrogens is 344 g/mol. The predicted octanol–water partition coefficient (Wildman–Crippen LogP) is 2.15. The van der Waals surface area contributed by atoms with E-state index in [2.05, 4.69) is 27.4 Å². The molecule has 0 fully saturated rings. The van der Waals surface area contributed by atoms with Crippen molar-refractivity contribution in [3.8, 4) is 0 Å². The van der Waals surface area contributed by atoms with Gasteiger partial charge < -0.3 is 5.32 Å². The van der Waals surface area contributed by atoms with Gasteiger partial charge in [0, 0.05) is 12.1 Å². The summed E-state index contributed by atoms with van der Waals surface area (Å²) in [6, 6.07) is 3.82. The number of tetrazole rings is 1. The van der Waals surface area contributed by atoms with Crippen LogP contribution in [0.15, 0.2) is 36.0 Å². The molecule has 0 saturated carbocycles.